The highest BCUT2D eigenvalue weighted by Gasteiger charge is 1.94. The molecule has 5 nitrogen and oxygen atoms in total. The van der Waals surface area contributed by atoms with Crippen LogP contribution in [-0.2, 0) is 18.9 Å². The Hall–Kier alpha value is -1.14. The summed E-state index contributed by atoms with van der Waals surface area (Å²) in [6, 6.07) is 7.97. The lowest BCUT2D eigenvalue weighted by molar-refractivity contribution is 0.000164. The SMILES string of the molecule is COCCOCCOCCOCCOc1ccc(C)cc1. The molecule has 0 amide bonds. The standard InChI is InChI=1S/C16H26O5/c1-15-3-5-16(6-4-15)21-14-13-20-12-11-19-10-9-18-8-7-17-2/h3-6H,7-14H2,1-2H3. The predicted octanol–water partition coefficient (Wildman–Crippen LogP) is 2.07. The molecule has 0 aliphatic carbocycles. The average molecular weight is 298 g/mol. The van der Waals surface area contributed by atoms with Crippen molar-refractivity contribution >= 4 is 0 Å². The Morgan fingerprint density at radius 1 is 0.667 bits per heavy atom. The summed E-state index contributed by atoms with van der Waals surface area (Å²) in [5.41, 5.74) is 1.22. The van der Waals surface area contributed by atoms with E-state index in [-0.39, 0.29) is 0 Å². The Balaban J connectivity index is 1.81. The van der Waals surface area contributed by atoms with Gasteiger partial charge < -0.3 is 23.7 Å². The van der Waals surface area contributed by atoms with Crippen LogP contribution in [0.25, 0.3) is 0 Å². The molecule has 120 valence electrons. The van der Waals surface area contributed by atoms with E-state index in [4.69, 9.17) is 23.7 Å². The van der Waals surface area contributed by atoms with Gasteiger partial charge in [-0.15, -0.1) is 0 Å². The zero-order chi connectivity index (χ0) is 15.2. The van der Waals surface area contributed by atoms with E-state index in [1.807, 2.05) is 24.3 Å². The van der Waals surface area contributed by atoms with Gasteiger partial charge in [-0.3, -0.25) is 0 Å². The molecular weight excluding hydrogens is 272 g/mol. The third-order valence-electron chi connectivity index (χ3n) is 2.69. The minimum absolute atomic E-state index is 0.545. The number of aryl methyl sites for hydroxylation is 1. The first-order chi connectivity index (χ1) is 10.3. The monoisotopic (exact) mass is 298 g/mol. The third kappa shape index (κ3) is 10.3. The van der Waals surface area contributed by atoms with Gasteiger partial charge in [0.2, 0.25) is 0 Å². The first-order valence-electron chi connectivity index (χ1n) is 7.24. The van der Waals surface area contributed by atoms with Gasteiger partial charge in [0.05, 0.1) is 46.2 Å². The maximum absolute atomic E-state index is 5.55. The molecule has 0 aliphatic rings. The molecule has 0 spiro atoms. The molecule has 0 aliphatic heterocycles. The van der Waals surface area contributed by atoms with E-state index in [1.54, 1.807) is 7.11 Å². The van der Waals surface area contributed by atoms with Gasteiger partial charge in [-0.1, -0.05) is 17.7 Å². The smallest absolute Gasteiger partial charge is 0.119 e. The van der Waals surface area contributed by atoms with Crippen LogP contribution in [-0.4, -0.2) is 60.0 Å². The van der Waals surface area contributed by atoms with E-state index < -0.39 is 0 Å². The molecular formula is C16H26O5. The Labute approximate surface area is 127 Å². The summed E-state index contributed by atoms with van der Waals surface area (Å²) in [5.74, 6) is 0.869. The second kappa shape index (κ2) is 12.6. The minimum Gasteiger partial charge on any atom is -0.491 e. The normalized spacial score (nSPS) is 10.8. The van der Waals surface area contributed by atoms with Gasteiger partial charge in [0.25, 0.3) is 0 Å². The number of hydrogen-bond acceptors (Lipinski definition) is 5. The van der Waals surface area contributed by atoms with Crippen molar-refractivity contribution in [3.05, 3.63) is 29.8 Å². The van der Waals surface area contributed by atoms with E-state index in [0.717, 1.165) is 5.75 Å². The molecule has 0 N–H and O–H groups in total. The third-order valence-corrected chi connectivity index (χ3v) is 2.69. The molecule has 0 heterocycles. The molecule has 21 heavy (non-hydrogen) atoms. The van der Waals surface area contributed by atoms with Gasteiger partial charge in [0, 0.05) is 7.11 Å². The van der Waals surface area contributed by atoms with Crippen LogP contribution in [0.4, 0.5) is 0 Å². The van der Waals surface area contributed by atoms with Crippen molar-refractivity contribution < 1.29 is 23.7 Å². The number of benzene rings is 1. The van der Waals surface area contributed by atoms with E-state index >= 15 is 0 Å². The van der Waals surface area contributed by atoms with E-state index in [9.17, 15) is 0 Å². The van der Waals surface area contributed by atoms with Crippen LogP contribution in [0, 0.1) is 6.92 Å². The molecule has 1 rings (SSSR count). The predicted molar refractivity (Wildman–Crippen MR) is 81.0 cm³/mol. The highest BCUT2D eigenvalue weighted by molar-refractivity contribution is 5.26. The zero-order valence-electron chi connectivity index (χ0n) is 13.0. The van der Waals surface area contributed by atoms with Crippen molar-refractivity contribution in [2.45, 2.75) is 6.92 Å². The van der Waals surface area contributed by atoms with Crippen molar-refractivity contribution in [1.29, 1.82) is 0 Å². The molecule has 0 atom stereocenters. The van der Waals surface area contributed by atoms with Gasteiger partial charge in [-0.05, 0) is 19.1 Å². The van der Waals surface area contributed by atoms with Crippen molar-refractivity contribution in [2.24, 2.45) is 0 Å². The van der Waals surface area contributed by atoms with Gasteiger partial charge in [0.15, 0.2) is 0 Å². The highest BCUT2D eigenvalue weighted by Crippen LogP contribution is 2.10. The first-order valence-corrected chi connectivity index (χ1v) is 7.24. The van der Waals surface area contributed by atoms with Crippen LogP contribution in [0.3, 0.4) is 0 Å². The summed E-state index contributed by atoms with van der Waals surface area (Å²) >= 11 is 0. The van der Waals surface area contributed by atoms with Crippen molar-refractivity contribution in [1.82, 2.24) is 0 Å². The lowest BCUT2D eigenvalue weighted by atomic mass is 10.2. The minimum atomic E-state index is 0.545. The van der Waals surface area contributed by atoms with Gasteiger partial charge in [0.1, 0.15) is 12.4 Å². The van der Waals surface area contributed by atoms with E-state index in [2.05, 4.69) is 6.92 Å². The lowest BCUT2D eigenvalue weighted by Gasteiger charge is -2.08. The maximum atomic E-state index is 5.55. The molecule has 0 radical (unpaired) electrons. The van der Waals surface area contributed by atoms with E-state index in [0.29, 0.717) is 52.9 Å². The fraction of sp³-hybridized carbons (Fsp3) is 0.625. The van der Waals surface area contributed by atoms with Crippen molar-refractivity contribution in [3.8, 4) is 5.75 Å². The molecule has 0 fully saturated rings. The maximum Gasteiger partial charge on any atom is 0.119 e. The van der Waals surface area contributed by atoms with Crippen LogP contribution < -0.4 is 4.74 Å². The largest absolute Gasteiger partial charge is 0.491 e. The van der Waals surface area contributed by atoms with Gasteiger partial charge in [-0.25, -0.2) is 0 Å². The van der Waals surface area contributed by atoms with Gasteiger partial charge >= 0.3 is 0 Å². The molecule has 5 heteroatoms. The molecule has 0 unspecified atom stereocenters. The Bertz CT molecular complexity index is 339. The van der Waals surface area contributed by atoms with Crippen LogP contribution in [0.5, 0.6) is 5.75 Å². The fourth-order valence-corrected chi connectivity index (χ4v) is 1.54. The summed E-state index contributed by atoms with van der Waals surface area (Å²) in [4.78, 5) is 0. The highest BCUT2D eigenvalue weighted by atomic mass is 16.6. The molecule has 0 saturated heterocycles. The second-order valence-electron chi connectivity index (χ2n) is 4.49. The lowest BCUT2D eigenvalue weighted by Crippen LogP contribution is -2.13. The number of methoxy groups -OCH3 is 1. The Morgan fingerprint density at radius 2 is 1.14 bits per heavy atom. The van der Waals surface area contributed by atoms with Crippen LogP contribution in [0.1, 0.15) is 5.56 Å². The molecule has 1 aromatic rings. The summed E-state index contributed by atoms with van der Waals surface area (Å²) in [5, 5.41) is 0. The summed E-state index contributed by atoms with van der Waals surface area (Å²) in [7, 11) is 1.65. The van der Waals surface area contributed by atoms with Crippen molar-refractivity contribution in [2.75, 3.05) is 60.0 Å². The molecule has 0 saturated carbocycles. The summed E-state index contributed by atoms with van der Waals surface area (Å²) in [6.07, 6.45) is 0. The van der Waals surface area contributed by atoms with E-state index in [1.165, 1.54) is 5.56 Å². The quantitative estimate of drug-likeness (QED) is 0.522. The number of hydrogen-bond donors (Lipinski definition) is 0. The zero-order valence-corrected chi connectivity index (χ0v) is 13.0. The fourth-order valence-electron chi connectivity index (χ4n) is 1.54. The van der Waals surface area contributed by atoms with Gasteiger partial charge in [-0.2, -0.15) is 0 Å². The van der Waals surface area contributed by atoms with Crippen molar-refractivity contribution in [3.63, 3.8) is 0 Å². The molecule has 1 aromatic carbocycles. The second-order valence-corrected chi connectivity index (χ2v) is 4.49. The number of rotatable bonds is 13. The number of ether oxygens (including phenoxy) is 5. The summed E-state index contributed by atoms with van der Waals surface area (Å²) < 4.78 is 26.4. The van der Waals surface area contributed by atoms with Crippen LogP contribution in [0.2, 0.25) is 0 Å². The molecule has 0 bridgehead atoms. The first kappa shape index (κ1) is 17.9. The van der Waals surface area contributed by atoms with Crippen LogP contribution in [0.15, 0.2) is 24.3 Å². The van der Waals surface area contributed by atoms with Crippen LogP contribution >= 0.6 is 0 Å². The Morgan fingerprint density at radius 3 is 1.67 bits per heavy atom. The molecule has 0 aromatic heterocycles. The Kier molecular flexibility index (Phi) is 10.7. The topological polar surface area (TPSA) is 46.2 Å². The summed E-state index contributed by atoms with van der Waals surface area (Å²) in [6.45, 7) is 6.66. The average Bonchev–Trinajstić information content (AvgIpc) is 2.50.